The van der Waals surface area contributed by atoms with Gasteiger partial charge in [-0.25, -0.2) is 15.0 Å². The van der Waals surface area contributed by atoms with Crippen molar-refractivity contribution in [3.8, 4) is 22.9 Å². The van der Waals surface area contributed by atoms with E-state index in [-0.39, 0.29) is 25.1 Å². The first-order valence-electron chi connectivity index (χ1n) is 15.3. The minimum Gasteiger partial charge on any atom is -0.490 e. The number of hydrogen-bond acceptors (Lipinski definition) is 9. The first-order chi connectivity index (χ1) is 21.5. The van der Waals surface area contributed by atoms with E-state index in [9.17, 15) is 4.79 Å². The Balaban J connectivity index is 1.38. The zero-order valence-corrected chi connectivity index (χ0v) is 26.3. The predicted octanol–water partition coefficient (Wildman–Crippen LogP) is 7.05. The van der Waals surface area contributed by atoms with Gasteiger partial charge in [0, 0.05) is 22.1 Å². The highest BCUT2D eigenvalue weighted by Gasteiger charge is 2.32. The second-order valence-electron chi connectivity index (χ2n) is 11.5. The molecule has 6 rings (SSSR count). The summed E-state index contributed by atoms with van der Waals surface area (Å²) in [6, 6.07) is 15.6. The van der Waals surface area contributed by atoms with Gasteiger partial charge in [-0.3, -0.25) is 9.52 Å². The Morgan fingerprint density at radius 2 is 1.82 bits per heavy atom. The first-order valence-corrected chi connectivity index (χ1v) is 16.1. The van der Waals surface area contributed by atoms with Crippen LogP contribution in [-0.2, 0) is 6.54 Å². The molecule has 1 fully saturated rings. The number of rotatable bonds is 8. The Hall–Kier alpha value is -4.18. The zero-order valence-electron chi connectivity index (χ0n) is 25.5. The largest absolute Gasteiger partial charge is 0.490 e. The van der Waals surface area contributed by atoms with Gasteiger partial charge in [0.15, 0.2) is 5.75 Å². The van der Waals surface area contributed by atoms with Gasteiger partial charge in [-0.2, -0.15) is 4.98 Å². The summed E-state index contributed by atoms with van der Waals surface area (Å²) in [7, 11) is 0. The molecule has 9 nitrogen and oxygen atoms in total. The van der Waals surface area contributed by atoms with Crippen molar-refractivity contribution in [1.29, 1.82) is 0 Å². The first kappa shape index (κ1) is 29.9. The number of ether oxygens (including phenoxy) is 2. The molecule has 0 saturated heterocycles. The number of hydrogen-bond donors (Lipinski definition) is 1. The summed E-state index contributed by atoms with van der Waals surface area (Å²) in [6.07, 6.45) is 8.62. The van der Waals surface area contributed by atoms with Gasteiger partial charge in [-0.05, 0) is 73.9 Å². The maximum absolute atomic E-state index is 14.3. The summed E-state index contributed by atoms with van der Waals surface area (Å²) in [5, 5.41) is 0. The molecular formula is C34H38N6O3S. The molecule has 1 saturated carbocycles. The van der Waals surface area contributed by atoms with E-state index in [4.69, 9.17) is 19.4 Å². The Morgan fingerprint density at radius 3 is 2.55 bits per heavy atom. The number of benzene rings is 2. The fourth-order valence-corrected chi connectivity index (χ4v) is 6.31. The molecule has 1 aliphatic carbocycles. The highest BCUT2D eigenvalue weighted by atomic mass is 32.2. The van der Waals surface area contributed by atoms with E-state index in [2.05, 4.69) is 53.7 Å². The van der Waals surface area contributed by atoms with Gasteiger partial charge in [0.05, 0.1) is 37.3 Å². The predicted molar refractivity (Wildman–Crippen MR) is 172 cm³/mol. The smallest absolute Gasteiger partial charge is 0.254 e. The monoisotopic (exact) mass is 610 g/mol. The summed E-state index contributed by atoms with van der Waals surface area (Å²) < 4.78 is 15.4. The number of carbonyl (C=O) groups excluding carboxylic acids is 1. The SMILES string of the molecule is CCCOc1cnc(CN2C(=O)c3cccc(c3)SNc3nc(cc(-c4c(C)cccc4C)n3)OC[C@H]2CC2CCC2)nc1. The molecule has 1 N–H and O–H groups in total. The van der Waals surface area contributed by atoms with Gasteiger partial charge in [-0.15, -0.1) is 0 Å². The van der Waals surface area contributed by atoms with Crippen LogP contribution >= 0.6 is 11.9 Å². The molecule has 0 unspecified atom stereocenters. The minimum absolute atomic E-state index is 0.0800. The maximum Gasteiger partial charge on any atom is 0.254 e. The van der Waals surface area contributed by atoms with Crippen LogP contribution in [0.25, 0.3) is 11.3 Å². The van der Waals surface area contributed by atoms with Gasteiger partial charge in [0.1, 0.15) is 12.4 Å². The van der Waals surface area contributed by atoms with Crippen molar-refractivity contribution < 1.29 is 14.3 Å². The Bertz CT molecular complexity index is 1590. The molecule has 228 valence electrons. The van der Waals surface area contributed by atoms with Crippen LogP contribution in [0.5, 0.6) is 11.6 Å². The molecule has 2 aromatic carbocycles. The van der Waals surface area contributed by atoms with E-state index in [1.165, 1.54) is 18.4 Å². The van der Waals surface area contributed by atoms with Gasteiger partial charge >= 0.3 is 0 Å². The van der Waals surface area contributed by atoms with Crippen molar-refractivity contribution in [2.45, 2.75) is 70.4 Å². The van der Waals surface area contributed by atoms with Gasteiger partial charge in [0.2, 0.25) is 11.8 Å². The topological polar surface area (TPSA) is 102 Å². The molecule has 4 aromatic rings. The normalized spacial score (nSPS) is 16.9. The number of nitrogens with one attached hydrogen (secondary N) is 1. The molecule has 2 aromatic heterocycles. The lowest BCUT2D eigenvalue weighted by molar-refractivity contribution is 0.0504. The van der Waals surface area contributed by atoms with E-state index >= 15 is 0 Å². The summed E-state index contributed by atoms with van der Waals surface area (Å²) in [4.78, 5) is 35.7. The lowest BCUT2D eigenvalue weighted by Gasteiger charge is -2.36. The summed E-state index contributed by atoms with van der Waals surface area (Å²) in [5.41, 5.74) is 4.71. The van der Waals surface area contributed by atoms with Crippen molar-refractivity contribution in [2.24, 2.45) is 5.92 Å². The van der Waals surface area contributed by atoms with Crippen molar-refractivity contribution in [1.82, 2.24) is 24.8 Å². The van der Waals surface area contributed by atoms with E-state index in [1.54, 1.807) is 12.4 Å². The fourth-order valence-electron chi connectivity index (χ4n) is 5.67. The lowest BCUT2D eigenvalue weighted by atomic mass is 9.80. The zero-order chi connectivity index (χ0) is 30.5. The molecule has 1 atom stereocenters. The second-order valence-corrected chi connectivity index (χ2v) is 12.4. The van der Waals surface area contributed by atoms with E-state index < -0.39 is 0 Å². The third-order valence-corrected chi connectivity index (χ3v) is 8.98. The molecule has 0 radical (unpaired) electrons. The van der Waals surface area contributed by atoms with Gasteiger partial charge < -0.3 is 14.4 Å². The lowest BCUT2D eigenvalue weighted by Crippen LogP contribution is -2.45. The number of carbonyl (C=O) groups is 1. The molecule has 0 spiro atoms. The number of aryl methyl sites for hydroxylation is 2. The molecule has 3 heterocycles. The average Bonchev–Trinajstić information content (AvgIpc) is 3.01. The van der Waals surface area contributed by atoms with Gasteiger partial charge in [-0.1, -0.05) is 50.5 Å². The fraction of sp³-hybridized carbons (Fsp3) is 0.382. The number of amides is 1. The second kappa shape index (κ2) is 13.6. The maximum atomic E-state index is 14.3. The van der Waals surface area contributed by atoms with Crippen LogP contribution in [0.4, 0.5) is 5.95 Å². The van der Waals surface area contributed by atoms with E-state index in [0.29, 0.717) is 41.5 Å². The number of anilines is 1. The molecule has 44 heavy (non-hydrogen) atoms. The highest BCUT2D eigenvalue weighted by Crippen LogP contribution is 2.34. The van der Waals surface area contributed by atoms with Crippen LogP contribution < -0.4 is 14.2 Å². The third-order valence-electron chi connectivity index (χ3n) is 8.20. The van der Waals surface area contributed by atoms with E-state index in [1.807, 2.05) is 35.2 Å². The number of aromatic nitrogens is 4. The number of fused-ring (bicyclic) bond motifs is 4. The van der Waals surface area contributed by atoms with Crippen LogP contribution in [0.2, 0.25) is 0 Å². The summed E-state index contributed by atoms with van der Waals surface area (Å²) >= 11 is 1.37. The Morgan fingerprint density at radius 1 is 1.05 bits per heavy atom. The van der Waals surface area contributed by atoms with Crippen LogP contribution in [0.1, 0.15) is 66.3 Å². The van der Waals surface area contributed by atoms with Gasteiger partial charge in [0.25, 0.3) is 5.91 Å². The van der Waals surface area contributed by atoms with Crippen molar-refractivity contribution in [2.75, 3.05) is 17.9 Å². The minimum atomic E-state index is -0.209. The quantitative estimate of drug-likeness (QED) is 0.210. The summed E-state index contributed by atoms with van der Waals surface area (Å²) in [5.74, 6) is 2.55. The number of nitrogens with zero attached hydrogens (tertiary/aromatic N) is 5. The average molecular weight is 611 g/mol. The standard InChI is InChI=1S/C34H38N6O3S/c1-4-14-42-27-18-35-30(36-19-27)20-40-26(15-24-10-6-11-24)21-43-31-17-29(32-22(2)8-5-9-23(32)3)37-34(38-31)39-44-28-13-7-12-25(16-28)33(40)41/h5,7-9,12-13,16-19,24,26H,4,6,10-11,14-15,20-21H2,1-3H3,(H,37,38,39)/t26-/m1/s1. The van der Waals surface area contributed by atoms with E-state index in [0.717, 1.165) is 53.0 Å². The molecular weight excluding hydrogens is 572 g/mol. The van der Waals surface area contributed by atoms with Crippen molar-refractivity contribution in [3.05, 3.63) is 83.4 Å². The Kier molecular flexibility index (Phi) is 9.26. The summed E-state index contributed by atoms with van der Waals surface area (Å²) in [6.45, 7) is 7.38. The molecule has 1 amide bonds. The molecule has 10 heteroatoms. The van der Waals surface area contributed by atoms with Crippen LogP contribution in [0, 0.1) is 19.8 Å². The third kappa shape index (κ3) is 6.96. The van der Waals surface area contributed by atoms with Crippen molar-refractivity contribution in [3.63, 3.8) is 0 Å². The van der Waals surface area contributed by atoms with Crippen LogP contribution in [0.3, 0.4) is 0 Å². The highest BCUT2D eigenvalue weighted by molar-refractivity contribution is 8.00. The molecule has 4 bridgehead atoms. The molecule has 2 aliphatic rings. The Labute approximate surface area is 263 Å². The van der Waals surface area contributed by atoms with Crippen LogP contribution in [0.15, 0.2) is 65.8 Å². The van der Waals surface area contributed by atoms with Crippen LogP contribution in [-0.4, -0.2) is 50.0 Å². The van der Waals surface area contributed by atoms with Crippen molar-refractivity contribution >= 4 is 23.8 Å². The molecule has 1 aliphatic heterocycles.